The molecule has 0 bridgehead atoms. The number of piperidine rings is 1. The molecular weight excluding hydrogens is 212 g/mol. The molecule has 0 amide bonds. The maximum Gasteiger partial charge on any atom is 0.0110 e. The third-order valence-electron chi connectivity index (χ3n) is 4.26. The van der Waals surface area contributed by atoms with Crippen molar-refractivity contribution in [2.45, 2.75) is 12.8 Å². The molecule has 1 atom stereocenters. The van der Waals surface area contributed by atoms with Gasteiger partial charge in [-0.15, -0.1) is 0 Å². The minimum absolute atomic E-state index is 0.747. The highest BCUT2D eigenvalue weighted by Gasteiger charge is 2.20. The van der Waals surface area contributed by atoms with Crippen molar-refractivity contribution in [1.29, 1.82) is 0 Å². The quantitative estimate of drug-likeness (QED) is 0.745. The van der Waals surface area contributed by atoms with Crippen LogP contribution in [0.1, 0.15) is 12.8 Å². The Morgan fingerprint density at radius 2 is 1.71 bits per heavy atom. The van der Waals surface area contributed by atoms with E-state index >= 15 is 0 Å². The Morgan fingerprint density at radius 3 is 2.41 bits per heavy atom. The van der Waals surface area contributed by atoms with Crippen molar-refractivity contribution >= 4 is 0 Å². The van der Waals surface area contributed by atoms with Crippen molar-refractivity contribution in [2.24, 2.45) is 11.7 Å². The van der Waals surface area contributed by atoms with E-state index < -0.39 is 0 Å². The summed E-state index contributed by atoms with van der Waals surface area (Å²) >= 11 is 0. The molecule has 2 aliphatic rings. The fraction of sp³-hybridized carbons (Fsp3) is 1.00. The van der Waals surface area contributed by atoms with E-state index in [1.165, 1.54) is 65.2 Å². The molecule has 0 aliphatic carbocycles. The summed E-state index contributed by atoms with van der Waals surface area (Å²) in [5.41, 5.74) is 5.78. The Balaban J connectivity index is 1.64. The van der Waals surface area contributed by atoms with Gasteiger partial charge in [0.15, 0.2) is 0 Å². The molecule has 0 radical (unpaired) electrons. The van der Waals surface area contributed by atoms with E-state index in [0.29, 0.717) is 0 Å². The topological polar surface area (TPSA) is 35.7 Å². The molecule has 100 valence electrons. The van der Waals surface area contributed by atoms with Gasteiger partial charge >= 0.3 is 0 Å². The van der Waals surface area contributed by atoms with Crippen LogP contribution in [0.2, 0.25) is 0 Å². The summed E-state index contributed by atoms with van der Waals surface area (Å²) in [6.07, 6.45) is 2.67. The molecule has 1 unspecified atom stereocenters. The van der Waals surface area contributed by atoms with Gasteiger partial charge in [0, 0.05) is 45.8 Å². The molecule has 2 rings (SSSR count). The van der Waals surface area contributed by atoms with E-state index in [0.717, 1.165) is 12.5 Å². The van der Waals surface area contributed by atoms with Crippen LogP contribution in [0.3, 0.4) is 0 Å². The average molecular weight is 240 g/mol. The molecule has 0 saturated carbocycles. The molecule has 2 heterocycles. The number of likely N-dealkylation sites (tertiary alicyclic amines) is 1. The molecular formula is C13H28N4. The molecule has 0 aromatic heterocycles. The lowest BCUT2D eigenvalue weighted by atomic mass is 9.98. The van der Waals surface area contributed by atoms with E-state index in [9.17, 15) is 0 Å². The van der Waals surface area contributed by atoms with Gasteiger partial charge in [-0.3, -0.25) is 4.90 Å². The summed E-state index contributed by atoms with van der Waals surface area (Å²) in [6.45, 7) is 10.8. The predicted octanol–water partition coefficient (Wildman–Crippen LogP) is -0.0955. The first-order chi connectivity index (χ1) is 8.28. The number of hydrogen-bond donors (Lipinski definition) is 1. The van der Waals surface area contributed by atoms with Gasteiger partial charge in [-0.05, 0) is 38.9 Å². The Morgan fingerprint density at radius 1 is 1.00 bits per heavy atom. The van der Waals surface area contributed by atoms with Crippen LogP contribution in [0.15, 0.2) is 0 Å². The second-order valence-corrected chi connectivity index (χ2v) is 5.69. The van der Waals surface area contributed by atoms with E-state index in [4.69, 9.17) is 5.73 Å². The summed E-state index contributed by atoms with van der Waals surface area (Å²) in [5.74, 6) is 0.747. The molecule has 0 aromatic rings. The van der Waals surface area contributed by atoms with Crippen molar-refractivity contribution in [3.8, 4) is 0 Å². The number of nitrogens with two attached hydrogens (primary N) is 1. The van der Waals surface area contributed by atoms with Crippen LogP contribution >= 0.6 is 0 Å². The monoisotopic (exact) mass is 240 g/mol. The van der Waals surface area contributed by atoms with E-state index in [2.05, 4.69) is 21.7 Å². The lowest BCUT2D eigenvalue weighted by Crippen LogP contribution is -2.48. The average Bonchev–Trinajstić information content (AvgIpc) is 2.38. The Bertz CT molecular complexity index is 213. The van der Waals surface area contributed by atoms with Gasteiger partial charge in [-0.1, -0.05) is 0 Å². The Kier molecular flexibility index (Phi) is 5.22. The first-order valence-electron chi connectivity index (χ1n) is 7.11. The first kappa shape index (κ1) is 13.3. The van der Waals surface area contributed by atoms with Crippen LogP contribution in [0, 0.1) is 5.92 Å². The maximum atomic E-state index is 5.78. The number of nitrogens with zero attached hydrogens (tertiary/aromatic N) is 3. The molecule has 2 saturated heterocycles. The van der Waals surface area contributed by atoms with Crippen molar-refractivity contribution in [1.82, 2.24) is 14.7 Å². The van der Waals surface area contributed by atoms with E-state index in [1.807, 2.05) is 0 Å². The zero-order valence-electron chi connectivity index (χ0n) is 11.3. The highest BCUT2D eigenvalue weighted by molar-refractivity contribution is 4.76. The van der Waals surface area contributed by atoms with Crippen LogP contribution in [0.25, 0.3) is 0 Å². The van der Waals surface area contributed by atoms with Gasteiger partial charge in [0.2, 0.25) is 0 Å². The number of rotatable bonds is 4. The van der Waals surface area contributed by atoms with Crippen LogP contribution in [0.4, 0.5) is 0 Å². The van der Waals surface area contributed by atoms with Gasteiger partial charge < -0.3 is 15.5 Å². The fourth-order valence-electron chi connectivity index (χ4n) is 2.90. The highest BCUT2D eigenvalue weighted by atomic mass is 15.3. The summed E-state index contributed by atoms with van der Waals surface area (Å²) in [6, 6.07) is 0. The third-order valence-corrected chi connectivity index (χ3v) is 4.26. The number of piperazine rings is 1. The second-order valence-electron chi connectivity index (χ2n) is 5.69. The normalized spacial score (nSPS) is 29.6. The summed E-state index contributed by atoms with van der Waals surface area (Å²) in [5, 5.41) is 0. The van der Waals surface area contributed by atoms with Gasteiger partial charge in [0.05, 0.1) is 0 Å². The molecule has 4 heteroatoms. The van der Waals surface area contributed by atoms with Crippen LogP contribution in [0.5, 0.6) is 0 Å². The standard InChI is InChI=1S/C13H28N4/c1-15-5-7-16(8-6-15)9-10-17-4-2-3-13(11-14)12-17/h13H,2-12,14H2,1H3. The van der Waals surface area contributed by atoms with Crippen molar-refractivity contribution in [3.63, 3.8) is 0 Å². The van der Waals surface area contributed by atoms with Crippen molar-refractivity contribution < 1.29 is 0 Å². The van der Waals surface area contributed by atoms with E-state index in [1.54, 1.807) is 0 Å². The Hall–Kier alpha value is -0.160. The zero-order chi connectivity index (χ0) is 12.1. The van der Waals surface area contributed by atoms with Gasteiger partial charge in [0.1, 0.15) is 0 Å². The molecule has 0 aromatic carbocycles. The molecule has 4 nitrogen and oxygen atoms in total. The predicted molar refractivity (Wildman–Crippen MR) is 72.2 cm³/mol. The number of likely N-dealkylation sites (N-methyl/N-ethyl adjacent to an activating group) is 1. The maximum absolute atomic E-state index is 5.78. The Labute approximate surface area is 106 Å². The summed E-state index contributed by atoms with van der Waals surface area (Å²) in [4.78, 5) is 7.63. The van der Waals surface area contributed by atoms with Crippen LogP contribution in [-0.2, 0) is 0 Å². The third kappa shape index (κ3) is 4.21. The molecule has 0 spiro atoms. The van der Waals surface area contributed by atoms with Crippen molar-refractivity contribution in [3.05, 3.63) is 0 Å². The zero-order valence-corrected chi connectivity index (χ0v) is 11.3. The van der Waals surface area contributed by atoms with Crippen LogP contribution in [-0.4, -0.2) is 80.7 Å². The second kappa shape index (κ2) is 6.69. The fourth-order valence-corrected chi connectivity index (χ4v) is 2.90. The van der Waals surface area contributed by atoms with Crippen LogP contribution < -0.4 is 5.73 Å². The lowest BCUT2D eigenvalue weighted by Gasteiger charge is -2.36. The minimum atomic E-state index is 0.747. The molecule has 2 N–H and O–H groups in total. The van der Waals surface area contributed by atoms with Gasteiger partial charge in [-0.25, -0.2) is 0 Å². The summed E-state index contributed by atoms with van der Waals surface area (Å²) < 4.78 is 0. The van der Waals surface area contributed by atoms with Crippen molar-refractivity contribution in [2.75, 3.05) is 66.0 Å². The SMILES string of the molecule is CN1CCN(CCN2CCCC(CN)C2)CC1. The lowest BCUT2D eigenvalue weighted by molar-refractivity contribution is 0.117. The molecule has 2 aliphatic heterocycles. The van der Waals surface area contributed by atoms with Gasteiger partial charge in [0.25, 0.3) is 0 Å². The smallest absolute Gasteiger partial charge is 0.0110 e. The highest BCUT2D eigenvalue weighted by Crippen LogP contribution is 2.14. The minimum Gasteiger partial charge on any atom is -0.330 e. The van der Waals surface area contributed by atoms with E-state index in [-0.39, 0.29) is 0 Å². The van der Waals surface area contributed by atoms with Gasteiger partial charge in [-0.2, -0.15) is 0 Å². The summed E-state index contributed by atoms with van der Waals surface area (Å²) in [7, 11) is 2.22. The first-order valence-corrected chi connectivity index (χ1v) is 7.11. The molecule has 17 heavy (non-hydrogen) atoms. The largest absolute Gasteiger partial charge is 0.330 e. The number of hydrogen-bond acceptors (Lipinski definition) is 4. The molecule has 2 fully saturated rings.